The van der Waals surface area contributed by atoms with E-state index in [0.717, 1.165) is 19.3 Å². The number of benzene rings is 1. The van der Waals surface area contributed by atoms with E-state index < -0.39 is 23.0 Å². The Balaban J connectivity index is 1.65. The molecule has 0 unspecified atom stereocenters. The first-order chi connectivity index (χ1) is 12.7. The Hall–Kier alpha value is -2.57. The summed E-state index contributed by atoms with van der Waals surface area (Å²) in [6, 6.07) is 8.91. The highest BCUT2D eigenvalue weighted by Crippen LogP contribution is 2.39. The Morgan fingerprint density at radius 3 is 2.37 bits per heavy atom. The lowest BCUT2D eigenvalue weighted by Gasteiger charge is -2.56. The Labute approximate surface area is 159 Å². The zero-order valence-electron chi connectivity index (χ0n) is 16.2. The van der Waals surface area contributed by atoms with Gasteiger partial charge < -0.3 is 19.9 Å². The molecule has 2 saturated heterocycles. The van der Waals surface area contributed by atoms with Gasteiger partial charge in [-0.05, 0) is 52.2 Å². The van der Waals surface area contributed by atoms with Crippen LogP contribution in [-0.4, -0.2) is 58.5 Å². The number of carbonyl (C=O) groups is 3. The number of para-hydroxylation sites is 1. The van der Waals surface area contributed by atoms with Crippen molar-refractivity contribution in [2.75, 3.05) is 25.0 Å². The Bertz CT molecular complexity index is 728. The van der Waals surface area contributed by atoms with Crippen LogP contribution in [0.1, 0.15) is 40.0 Å². The summed E-state index contributed by atoms with van der Waals surface area (Å²) < 4.78 is 5.47. The lowest BCUT2D eigenvalue weighted by atomic mass is 9.77. The Kier molecular flexibility index (Phi) is 5.13. The average Bonchev–Trinajstić information content (AvgIpc) is 2.60. The predicted molar refractivity (Wildman–Crippen MR) is 101 cm³/mol. The normalized spacial score (nSPS) is 22.2. The molecule has 7 heteroatoms. The van der Waals surface area contributed by atoms with E-state index in [1.807, 2.05) is 26.8 Å². The van der Waals surface area contributed by atoms with Gasteiger partial charge in [0.25, 0.3) is 0 Å². The number of amides is 3. The third-order valence-corrected chi connectivity index (χ3v) is 5.05. The van der Waals surface area contributed by atoms with Crippen molar-refractivity contribution in [2.24, 2.45) is 0 Å². The smallest absolute Gasteiger partial charge is 0.410 e. The van der Waals surface area contributed by atoms with Crippen molar-refractivity contribution in [3.8, 4) is 0 Å². The Morgan fingerprint density at radius 1 is 1.07 bits per heavy atom. The maximum absolute atomic E-state index is 12.7. The summed E-state index contributed by atoms with van der Waals surface area (Å²) in [6.07, 6.45) is 1.99. The zero-order valence-corrected chi connectivity index (χ0v) is 16.2. The lowest BCUT2D eigenvalue weighted by molar-refractivity contribution is -0.158. The van der Waals surface area contributed by atoms with E-state index in [-0.39, 0.29) is 6.09 Å². The van der Waals surface area contributed by atoms with Crippen molar-refractivity contribution in [1.29, 1.82) is 0 Å². The fourth-order valence-electron chi connectivity index (χ4n) is 3.70. The molecule has 146 valence electrons. The van der Waals surface area contributed by atoms with Gasteiger partial charge in [-0.15, -0.1) is 0 Å². The van der Waals surface area contributed by atoms with Crippen LogP contribution in [0.15, 0.2) is 30.3 Å². The van der Waals surface area contributed by atoms with E-state index in [1.165, 1.54) is 0 Å². The van der Waals surface area contributed by atoms with E-state index >= 15 is 0 Å². The van der Waals surface area contributed by atoms with Crippen molar-refractivity contribution in [1.82, 2.24) is 9.80 Å². The van der Waals surface area contributed by atoms with Crippen LogP contribution < -0.4 is 5.32 Å². The zero-order chi connectivity index (χ0) is 19.7. The highest BCUT2D eigenvalue weighted by atomic mass is 16.6. The van der Waals surface area contributed by atoms with Crippen molar-refractivity contribution >= 4 is 23.6 Å². The first-order valence-corrected chi connectivity index (χ1v) is 9.36. The second-order valence-corrected chi connectivity index (χ2v) is 8.26. The molecule has 2 aliphatic rings. The minimum absolute atomic E-state index is 0.366. The number of carbonyl (C=O) groups excluding carboxylic acids is 3. The van der Waals surface area contributed by atoms with E-state index in [9.17, 15) is 14.4 Å². The molecule has 1 spiro atoms. The average molecular weight is 373 g/mol. The molecule has 2 aliphatic heterocycles. The summed E-state index contributed by atoms with van der Waals surface area (Å²) in [5.41, 5.74) is -0.434. The van der Waals surface area contributed by atoms with Crippen molar-refractivity contribution in [3.05, 3.63) is 30.3 Å². The molecule has 3 rings (SSSR count). The standard InChI is InChI=1S/C20H27N3O4/c1-19(2,3)27-18(26)22-12-7-10-20(14-22)11-13-23(20)17(25)16(24)21-15-8-5-4-6-9-15/h4-6,8-9H,7,10-14H2,1-3H3,(H,21,24)/t20-/m1/s1. The molecular weight excluding hydrogens is 346 g/mol. The number of hydrogen-bond acceptors (Lipinski definition) is 4. The van der Waals surface area contributed by atoms with Gasteiger partial charge in [-0.3, -0.25) is 9.59 Å². The molecule has 0 radical (unpaired) electrons. The third kappa shape index (κ3) is 4.23. The van der Waals surface area contributed by atoms with Crippen molar-refractivity contribution in [3.63, 3.8) is 0 Å². The van der Waals surface area contributed by atoms with Crippen LogP contribution in [0.4, 0.5) is 10.5 Å². The predicted octanol–water partition coefficient (Wildman–Crippen LogP) is 2.63. The van der Waals surface area contributed by atoms with Crippen LogP contribution in [0.5, 0.6) is 0 Å². The maximum Gasteiger partial charge on any atom is 0.410 e. The van der Waals surface area contributed by atoms with Gasteiger partial charge in [0.15, 0.2) is 0 Å². The quantitative estimate of drug-likeness (QED) is 0.768. The number of anilines is 1. The molecule has 27 heavy (non-hydrogen) atoms. The van der Waals surface area contributed by atoms with Crippen LogP contribution in [0.2, 0.25) is 0 Å². The summed E-state index contributed by atoms with van der Waals surface area (Å²) in [7, 11) is 0. The van der Waals surface area contributed by atoms with Crippen molar-refractivity contribution in [2.45, 2.75) is 51.2 Å². The van der Waals surface area contributed by atoms with Gasteiger partial charge in [-0.1, -0.05) is 18.2 Å². The molecule has 0 aromatic heterocycles. The maximum atomic E-state index is 12.7. The number of nitrogens with zero attached hydrogens (tertiary/aromatic N) is 2. The highest BCUT2D eigenvalue weighted by Gasteiger charge is 2.52. The lowest BCUT2D eigenvalue weighted by Crippen LogP contribution is -2.70. The summed E-state index contributed by atoms with van der Waals surface area (Å²) >= 11 is 0. The topological polar surface area (TPSA) is 79.0 Å². The first-order valence-electron chi connectivity index (χ1n) is 9.36. The Morgan fingerprint density at radius 2 is 1.78 bits per heavy atom. The summed E-state index contributed by atoms with van der Waals surface area (Å²) in [4.78, 5) is 40.7. The molecule has 0 saturated carbocycles. The molecule has 7 nitrogen and oxygen atoms in total. The molecular formula is C20H27N3O4. The number of nitrogens with one attached hydrogen (secondary N) is 1. The fourth-order valence-corrected chi connectivity index (χ4v) is 3.70. The molecule has 1 N–H and O–H groups in total. The van der Waals surface area contributed by atoms with Crippen LogP contribution >= 0.6 is 0 Å². The van der Waals surface area contributed by atoms with E-state index in [4.69, 9.17) is 4.74 Å². The number of ether oxygens (including phenoxy) is 1. The number of rotatable bonds is 1. The first kappa shape index (κ1) is 19.2. The molecule has 0 bridgehead atoms. The van der Waals surface area contributed by atoms with Crippen LogP contribution in [-0.2, 0) is 14.3 Å². The highest BCUT2D eigenvalue weighted by molar-refractivity contribution is 6.39. The summed E-state index contributed by atoms with van der Waals surface area (Å²) in [5, 5.41) is 2.64. The molecule has 0 aliphatic carbocycles. The van der Waals surface area contributed by atoms with Gasteiger partial charge in [0.2, 0.25) is 0 Å². The minimum Gasteiger partial charge on any atom is -0.444 e. The monoisotopic (exact) mass is 373 g/mol. The molecule has 3 amide bonds. The molecule has 2 heterocycles. The van der Waals surface area contributed by atoms with Gasteiger partial charge in [0, 0.05) is 25.3 Å². The van der Waals surface area contributed by atoms with Crippen LogP contribution in [0.25, 0.3) is 0 Å². The van der Waals surface area contributed by atoms with Crippen LogP contribution in [0, 0.1) is 0 Å². The molecule has 1 aromatic carbocycles. The molecule has 2 fully saturated rings. The summed E-state index contributed by atoms with van der Waals surface area (Å²) in [6.45, 7) is 7.04. The number of hydrogen-bond donors (Lipinski definition) is 1. The third-order valence-electron chi connectivity index (χ3n) is 5.05. The molecule has 1 aromatic rings. The largest absolute Gasteiger partial charge is 0.444 e. The minimum atomic E-state index is -0.644. The second-order valence-electron chi connectivity index (χ2n) is 8.26. The van der Waals surface area contributed by atoms with Gasteiger partial charge >= 0.3 is 17.9 Å². The molecule has 1 atom stereocenters. The number of piperidine rings is 1. The van der Waals surface area contributed by atoms with Gasteiger partial charge in [-0.2, -0.15) is 0 Å². The SMILES string of the molecule is CC(C)(C)OC(=O)N1CCC[C@@]2(CCN2C(=O)C(=O)Nc2ccccc2)C1. The van der Waals surface area contributed by atoms with E-state index in [0.29, 0.717) is 25.3 Å². The van der Waals surface area contributed by atoms with E-state index in [1.54, 1.807) is 34.1 Å². The second kappa shape index (κ2) is 7.21. The van der Waals surface area contributed by atoms with Gasteiger partial charge in [-0.25, -0.2) is 4.79 Å². The summed E-state index contributed by atoms with van der Waals surface area (Å²) in [5.74, 6) is -1.19. The van der Waals surface area contributed by atoms with Crippen molar-refractivity contribution < 1.29 is 19.1 Å². The van der Waals surface area contributed by atoms with E-state index in [2.05, 4.69) is 5.32 Å². The fraction of sp³-hybridized carbons (Fsp3) is 0.550. The van der Waals surface area contributed by atoms with Gasteiger partial charge in [0.1, 0.15) is 5.60 Å². The number of likely N-dealkylation sites (tertiary alicyclic amines) is 2. The van der Waals surface area contributed by atoms with Crippen LogP contribution in [0.3, 0.4) is 0 Å². The van der Waals surface area contributed by atoms with Gasteiger partial charge in [0.05, 0.1) is 5.54 Å².